The highest BCUT2D eigenvalue weighted by molar-refractivity contribution is 5.94. The molecule has 4 heterocycles. The van der Waals surface area contributed by atoms with Gasteiger partial charge in [0.05, 0.1) is 34.8 Å². The lowest BCUT2D eigenvalue weighted by Crippen LogP contribution is -2.22. The summed E-state index contributed by atoms with van der Waals surface area (Å²) < 4.78 is 9.37. The molecule has 5 aromatic rings. The van der Waals surface area contributed by atoms with Gasteiger partial charge in [-0.25, -0.2) is 14.5 Å². The molecule has 0 unspecified atom stereocenters. The third-order valence-corrected chi connectivity index (χ3v) is 7.03. The number of aryl methyl sites for hydroxylation is 2. The van der Waals surface area contributed by atoms with Gasteiger partial charge in [0, 0.05) is 41.5 Å². The van der Waals surface area contributed by atoms with Gasteiger partial charge in [0.15, 0.2) is 0 Å². The maximum atomic E-state index is 13.6. The molecule has 2 aromatic carbocycles. The number of carboxylic acid groups (broad SMARTS) is 1. The second-order valence-corrected chi connectivity index (χ2v) is 9.74. The molecule has 9 heteroatoms. The quantitative estimate of drug-likeness (QED) is 0.344. The molecule has 0 radical (unpaired) electrons. The molecule has 0 saturated heterocycles. The summed E-state index contributed by atoms with van der Waals surface area (Å²) in [4.78, 5) is 30.3. The van der Waals surface area contributed by atoms with E-state index in [0.717, 1.165) is 46.4 Å². The van der Waals surface area contributed by atoms with Crippen molar-refractivity contribution in [1.29, 1.82) is 0 Å². The van der Waals surface area contributed by atoms with Gasteiger partial charge in [0.1, 0.15) is 5.65 Å². The minimum absolute atomic E-state index is 0.151. The Hall–Kier alpha value is -4.66. The molecule has 3 aromatic heterocycles. The van der Waals surface area contributed by atoms with Crippen molar-refractivity contribution in [3.8, 4) is 17.1 Å². The first kappa shape index (κ1) is 23.7. The first-order chi connectivity index (χ1) is 18.3. The predicted octanol–water partition coefficient (Wildman–Crippen LogP) is 4.98. The highest BCUT2D eigenvalue weighted by atomic mass is 16.5. The van der Waals surface area contributed by atoms with Crippen molar-refractivity contribution < 1.29 is 14.6 Å². The fraction of sp³-hybridized carbons (Fsp3) is 0.241. The zero-order valence-corrected chi connectivity index (χ0v) is 21.4. The molecule has 0 spiro atoms. The third-order valence-electron chi connectivity index (χ3n) is 7.03. The van der Waals surface area contributed by atoms with E-state index in [9.17, 15) is 14.7 Å². The van der Waals surface area contributed by atoms with E-state index in [-0.39, 0.29) is 17.2 Å². The molecule has 1 aliphatic heterocycles. The highest BCUT2D eigenvalue weighted by Gasteiger charge is 2.21. The number of hydrogen-bond acceptors (Lipinski definition) is 6. The van der Waals surface area contributed by atoms with Crippen LogP contribution in [-0.4, -0.2) is 36.8 Å². The van der Waals surface area contributed by atoms with E-state index in [1.807, 2.05) is 42.8 Å². The van der Waals surface area contributed by atoms with E-state index in [1.165, 1.54) is 0 Å². The molecule has 192 valence electrons. The Kier molecular flexibility index (Phi) is 5.63. The molecule has 38 heavy (non-hydrogen) atoms. The van der Waals surface area contributed by atoms with Crippen LogP contribution in [0.4, 0.5) is 5.69 Å². The molecule has 0 aliphatic carbocycles. The molecular formula is C29H27N5O4. The molecule has 9 nitrogen and oxygen atoms in total. The number of hydrogen-bond donors (Lipinski definition) is 2. The normalized spacial score (nSPS) is 13.8. The second-order valence-electron chi connectivity index (χ2n) is 9.74. The number of aromatic carboxylic acids is 1. The van der Waals surface area contributed by atoms with E-state index in [4.69, 9.17) is 9.72 Å². The summed E-state index contributed by atoms with van der Waals surface area (Å²) in [5.41, 5.74) is 5.51. The van der Waals surface area contributed by atoms with E-state index in [1.54, 1.807) is 41.8 Å². The molecule has 6 rings (SSSR count). The summed E-state index contributed by atoms with van der Waals surface area (Å²) in [5.74, 6) is -0.266. The van der Waals surface area contributed by atoms with Crippen LogP contribution in [0.2, 0.25) is 0 Å². The molecule has 0 saturated carbocycles. The van der Waals surface area contributed by atoms with Crippen LogP contribution in [-0.2, 0) is 6.54 Å². The fourth-order valence-electron chi connectivity index (χ4n) is 5.15. The second kappa shape index (κ2) is 9.02. The topological polar surface area (TPSA) is 111 Å². The minimum Gasteiger partial charge on any atom is -0.478 e. The zero-order valence-electron chi connectivity index (χ0n) is 21.4. The van der Waals surface area contributed by atoms with Crippen molar-refractivity contribution in [1.82, 2.24) is 19.2 Å². The van der Waals surface area contributed by atoms with Crippen molar-refractivity contribution in [3.63, 3.8) is 0 Å². The number of anilines is 1. The number of ether oxygens (including phenoxy) is 1. The maximum Gasteiger partial charge on any atom is 0.337 e. The molecular weight excluding hydrogens is 482 g/mol. The van der Waals surface area contributed by atoms with Crippen LogP contribution in [0.15, 0.2) is 59.5 Å². The summed E-state index contributed by atoms with van der Waals surface area (Å²) >= 11 is 0. The molecule has 0 fully saturated rings. The number of aromatic nitrogens is 4. The van der Waals surface area contributed by atoms with Gasteiger partial charge in [0.25, 0.3) is 5.56 Å². The van der Waals surface area contributed by atoms with Crippen LogP contribution in [0.1, 0.15) is 46.4 Å². The Labute approximate surface area is 218 Å². The molecule has 1 aliphatic rings. The molecule has 0 amide bonds. The first-order valence-corrected chi connectivity index (χ1v) is 12.6. The van der Waals surface area contributed by atoms with Gasteiger partial charge in [-0.05, 0) is 56.7 Å². The number of nitrogens with one attached hydrogen (secondary N) is 1. The van der Waals surface area contributed by atoms with Gasteiger partial charge >= 0.3 is 5.97 Å². The monoisotopic (exact) mass is 509 g/mol. The van der Waals surface area contributed by atoms with Gasteiger partial charge in [0.2, 0.25) is 5.88 Å². The SMILES string of the molecule is Cc1cc([C@@H](C)Nc2ccccc2C(=O)O)c2nc(-c3ccc4nn5c(c4c3)OCCC5)c(C)c(=O)n2c1. The largest absolute Gasteiger partial charge is 0.478 e. The van der Waals surface area contributed by atoms with Gasteiger partial charge < -0.3 is 15.2 Å². The summed E-state index contributed by atoms with van der Waals surface area (Å²) in [6.45, 7) is 7.11. The van der Waals surface area contributed by atoms with E-state index >= 15 is 0 Å². The standard InChI is InChI=1S/C29H27N5O4/c1-16-13-21(18(3)30-23-8-5-4-7-20(23)29(36)37)26-31-25(17(2)27(35)33(26)15-16)19-9-10-24-22(14-19)28-34(32-24)11-6-12-38-28/h4-5,7-10,13-15,18,30H,6,11-12H2,1-3H3,(H,36,37)/t18-/m1/s1. The smallest absolute Gasteiger partial charge is 0.337 e. The highest BCUT2D eigenvalue weighted by Crippen LogP contribution is 2.33. The Morgan fingerprint density at radius 1 is 1.16 bits per heavy atom. The Bertz CT molecular complexity index is 1800. The lowest BCUT2D eigenvalue weighted by molar-refractivity contribution is 0.0698. The number of carboxylic acids is 1. The number of nitrogens with zero attached hydrogens (tertiary/aromatic N) is 4. The zero-order chi connectivity index (χ0) is 26.6. The first-order valence-electron chi connectivity index (χ1n) is 12.6. The summed E-state index contributed by atoms with van der Waals surface area (Å²) in [5, 5.41) is 18.5. The van der Waals surface area contributed by atoms with E-state index in [0.29, 0.717) is 29.2 Å². The Balaban J connectivity index is 1.50. The average Bonchev–Trinajstić information content (AvgIpc) is 3.28. The lowest BCUT2D eigenvalue weighted by Gasteiger charge is -2.20. The van der Waals surface area contributed by atoms with E-state index in [2.05, 4.69) is 10.4 Å². The number of para-hydroxylation sites is 1. The molecule has 1 atom stereocenters. The lowest BCUT2D eigenvalue weighted by atomic mass is 10.0. The van der Waals surface area contributed by atoms with Crippen molar-refractivity contribution in [2.24, 2.45) is 0 Å². The number of rotatable bonds is 5. The van der Waals surface area contributed by atoms with Crippen LogP contribution in [0.3, 0.4) is 0 Å². The van der Waals surface area contributed by atoms with Gasteiger partial charge in [-0.3, -0.25) is 9.20 Å². The summed E-state index contributed by atoms with van der Waals surface area (Å²) in [6, 6.07) is 14.3. The minimum atomic E-state index is -1.01. The van der Waals surface area contributed by atoms with Crippen molar-refractivity contribution >= 4 is 28.2 Å². The summed E-state index contributed by atoms with van der Waals surface area (Å²) in [6.07, 6.45) is 2.70. The number of fused-ring (bicyclic) bond motifs is 4. The van der Waals surface area contributed by atoms with Crippen molar-refractivity contribution in [2.75, 3.05) is 11.9 Å². The van der Waals surface area contributed by atoms with Crippen LogP contribution in [0.25, 0.3) is 27.8 Å². The van der Waals surface area contributed by atoms with E-state index < -0.39 is 5.97 Å². The molecule has 2 N–H and O–H groups in total. The van der Waals surface area contributed by atoms with Crippen LogP contribution in [0, 0.1) is 13.8 Å². The van der Waals surface area contributed by atoms with Gasteiger partial charge in [-0.2, -0.15) is 5.10 Å². The molecule has 0 bridgehead atoms. The number of pyridine rings is 1. The summed E-state index contributed by atoms with van der Waals surface area (Å²) in [7, 11) is 0. The van der Waals surface area contributed by atoms with Crippen molar-refractivity contribution in [2.45, 2.75) is 39.8 Å². The fourth-order valence-corrected chi connectivity index (χ4v) is 5.15. The van der Waals surface area contributed by atoms with Crippen LogP contribution >= 0.6 is 0 Å². The number of benzene rings is 2. The Morgan fingerprint density at radius 3 is 2.79 bits per heavy atom. The third kappa shape index (κ3) is 3.87. The van der Waals surface area contributed by atoms with Gasteiger partial charge in [-0.15, -0.1) is 0 Å². The van der Waals surface area contributed by atoms with Crippen LogP contribution in [0.5, 0.6) is 5.88 Å². The van der Waals surface area contributed by atoms with Gasteiger partial charge in [-0.1, -0.05) is 18.2 Å². The van der Waals surface area contributed by atoms with Crippen LogP contribution < -0.4 is 15.6 Å². The maximum absolute atomic E-state index is 13.6. The average molecular weight is 510 g/mol. The number of carbonyl (C=O) groups is 1. The Morgan fingerprint density at radius 2 is 1.97 bits per heavy atom. The van der Waals surface area contributed by atoms with Crippen molar-refractivity contribution in [3.05, 3.63) is 87.3 Å². The predicted molar refractivity (Wildman–Crippen MR) is 145 cm³/mol.